The Hall–Kier alpha value is -2.00. The highest BCUT2D eigenvalue weighted by Crippen LogP contribution is 2.14. The van der Waals surface area contributed by atoms with E-state index in [2.05, 4.69) is 10.5 Å². The van der Waals surface area contributed by atoms with Crippen molar-refractivity contribution < 1.29 is 37.4 Å². The van der Waals surface area contributed by atoms with Crippen LogP contribution < -0.4 is 11.1 Å². The number of amides is 2. The maximum Gasteiger partial charge on any atom is 0.422 e. The molecule has 0 fully saturated rings. The molecule has 0 radical (unpaired) electrons. The summed E-state index contributed by atoms with van der Waals surface area (Å²) in [5.74, 6) is -2.65. The molecule has 1 atom stereocenters. The minimum Gasteiger partial charge on any atom is -0.480 e. The van der Waals surface area contributed by atoms with E-state index in [1.165, 1.54) is 0 Å². The highest BCUT2D eigenvalue weighted by Gasteiger charge is 2.30. The minimum atomic E-state index is -4.72. The molecule has 98 valence electrons. The summed E-state index contributed by atoms with van der Waals surface area (Å²) in [6.45, 7) is -1.86. The van der Waals surface area contributed by atoms with Crippen LogP contribution in [0.25, 0.3) is 0 Å². The van der Waals surface area contributed by atoms with Crippen molar-refractivity contribution in [3.8, 4) is 0 Å². The summed E-state index contributed by atoms with van der Waals surface area (Å²) in [5.41, 5.74) is 4.68. The third-order valence-corrected chi connectivity index (χ3v) is 1.36. The SMILES string of the molecule is NC(=O)CC(NC(=O)OCC(F)(F)F)C(=O)O. The van der Waals surface area contributed by atoms with Crippen molar-refractivity contribution >= 4 is 18.0 Å². The molecule has 0 aromatic heterocycles. The van der Waals surface area contributed by atoms with Crippen LogP contribution in [-0.2, 0) is 14.3 Å². The highest BCUT2D eigenvalue weighted by molar-refractivity contribution is 5.86. The number of nitrogens with one attached hydrogen (secondary N) is 1. The number of carbonyl (C=O) groups excluding carboxylic acids is 2. The van der Waals surface area contributed by atoms with Crippen LogP contribution in [0.3, 0.4) is 0 Å². The van der Waals surface area contributed by atoms with E-state index in [-0.39, 0.29) is 0 Å². The Morgan fingerprint density at radius 1 is 1.35 bits per heavy atom. The van der Waals surface area contributed by atoms with Crippen molar-refractivity contribution in [2.75, 3.05) is 6.61 Å². The summed E-state index contributed by atoms with van der Waals surface area (Å²) in [4.78, 5) is 31.6. The molecule has 0 aliphatic carbocycles. The number of primary amides is 1. The molecule has 1 unspecified atom stereocenters. The van der Waals surface area contributed by atoms with Gasteiger partial charge in [0.1, 0.15) is 6.04 Å². The molecular weight excluding hydrogens is 249 g/mol. The van der Waals surface area contributed by atoms with Gasteiger partial charge < -0.3 is 20.9 Å². The molecule has 0 spiro atoms. The number of alkyl halides is 3. The monoisotopic (exact) mass is 258 g/mol. The van der Waals surface area contributed by atoms with Gasteiger partial charge in [0.05, 0.1) is 6.42 Å². The van der Waals surface area contributed by atoms with Gasteiger partial charge in [0.2, 0.25) is 5.91 Å². The first-order chi connectivity index (χ1) is 7.61. The van der Waals surface area contributed by atoms with Crippen LogP contribution in [-0.4, -0.2) is 41.9 Å². The van der Waals surface area contributed by atoms with Crippen molar-refractivity contribution in [3.63, 3.8) is 0 Å². The lowest BCUT2D eigenvalue weighted by Gasteiger charge is -2.13. The highest BCUT2D eigenvalue weighted by atomic mass is 19.4. The van der Waals surface area contributed by atoms with Crippen molar-refractivity contribution in [1.82, 2.24) is 5.32 Å². The molecule has 10 heteroatoms. The summed E-state index contributed by atoms with van der Waals surface area (Å²) < 4.78 is 38.6. The number of hydrogen-bond donors (Lipinski definition) is 3. The fourth-order valence-corrected chi connectivity index (χ4v) is 0.733. The Morgan fingerprint density at radius 2 is 1.88 bits per heavy atom. The van der Waals surface area contributed by atoms with Crippen molar-refractivity contribution in [2.24, 2.45) is 5.73 Å². The third-order valence-electron chi connectivity index (χ3n) is 1.36. The molecule has 17 heavy (non-hydrogen) atoms. The van der Waals surface area contributed by atoms with Gasteiger partial charge in [-0.05, 0) is 0 Å². The Kier molecular flexibility index (Phi) is 5.22. The van der Waals surface area contributed by atoms with E-state index in [1.54, 1.807) is 5.32 Å². The van der Waals surface area contributed by atoms with Crippen LogP contribution in [0.15, 0.2) is 0 Å². The largest absolute Gasteiger partial charge is 0.480 e. The first kappa shape index (κ1) is 15.0. The number of alkyl carbamates (subject to hydrolysis) is 1. The number of halogens is 3. The van der Waals surface area contributed by atoms with Gasteiger partial charge in [-0.2, -0.15) is 13.2 Å². The Bertz CT molecular complexity index is 317. The average molecular weight is 258 g/mol. The van der Waals surface area contributed by atoms with E-state index in [1.807, 2.05) is 0 Å². The smallest absolute Gasteiger partial charge is 0.422 e. The van der Waals surface area contributed by atoms with Crippen LogP contribution in [0.2, 0.25) is 0 Å². The molecule has 0 bridgehead atoms. The molecule has 2 amide bonds. The Balaban J connectivity index is 4.22. The van der Waals surface area contributed by atoms with Gasteiger partial charge in [0, 0.05) is 0 Å². The molecule has 0 aromatic rings. The predicted octanol–water partition coefficient (Wildman–Crippen LogP) is -0.397. The number of nitrogens with two attached hydrogens (primary N) is 1. The van der Waals surface area contributed by atoms with Crippen LogP contribution in [0, 0.1) is 0 Å². The van der Waals surface area contributed by atoms with Crippen LogP contribution >= 0.6 is 0 Å². The molecular formula is C7H9F3N2O5. The molecule has 0 aliphatic heterocycles. The first-order valence-electron chi connectivity index (χ1n) is 4.13. The number of aliphatic carboxylic acids is 1. The second kappa shape index (κ2) is 5.92. The van der Waals surface area contributed by atoms with Gasteiger partial charge in [0.25, 0.3) is 0 Å². The zero-order valence-electron chi connectivity index (χ0n) is 8.28. The van der Waals surface area contributed by atoms with E-state index in [4.69, 9.17) is 5.11 Å². The predicted molar refractivity (Wildman–Crippen MR) is 45.8 cm³/mol. The topological polar surface area (TPSA) is 119 Å². The average Bonchev–Trinajstić information content (AvgIpc) is 2.11. The van der Waals surface area contributed by atoms with E-state index in [9.17, 15) is 27.6 Å². The first-order valence-corrected chi connectivity index (χ1v) is 4.13. The van der Waals surface area contributed by atoms with E-state index < -0.39 is 43.2 Å². The second-order valence-electron chi connectivity index (χ2n) is 2.90. The van der Waals surface area contributed by atoms with E-state index >= 15 is 0 Å². The molecule has 0 saturated carbocycles. The maximum atomic E-state index is 11.6. The van der Waals surface area contributed by atoms with Gasteiger partial charge in [-0.3, -0.25) is 4.79 Å². The maximum absolute atomic E-state index is 11.6. The summed E-state index contributed by atoms with van der Waals surface area (Å²) >= 11 is 0. The molecule has 0 aliphatic rings. The zero-order valence-corrected chi connectivity index (χ0v) is 8.28. The third kappa shape index (κ3) is 7.88. The lowest BCUT2D eigenvalue weighted by molar-refractivity contribution is -0.160. The van der Waals surface area contributed by atoms with Gasteiger partial charge >= 0.3 is 18.2 Å². The Labute approximate surface area is 92.7 Å². The number of hydrogen-bond acceptors (Lipinski definition) is 4. The molecule has 0 rings (SSSR count). The number of carbonyl (C=O) groups is 3. The van der Waals surface area contributed by atoms with Gasteiger partial charge in [-0.1, -0.05) is 0 Å². The van der Waals surface area contributed by atoms with Gasteiger partial charge in [-0.15, -0.1) is 0 Å². The van der Waals surface area contributed by atoms with Crippen molar-refractivity contribution in [3.05, 3.63) is 0 Å². The molecule has 0 saturated heterocycles. The van der Waals surface area contributed by atoms with E-state index in [0.29, 0.717) is 0 Å². The number of rotatable bonds is 5. The van der Waals surface area contributed by atoms with Crippen LogP contribution in [0.1, 0.15) is 6.42 Å². The van der Waals surface area contributed by atoms with Crippen molar-refractivity contribution in [1.29, 1.82) is 0 Å². The molecule has 0 aromatic carbocycles. The fourth-order valence-electron chi connectivity index (χ4n) is 0.733. The Morgan fingerprint density at radius 3 is 2.24 bits per heavy atom. The standard InChI is InChI=1S/C7H9F3N2O5/c8-7(9,10)2-17-6(16)12-3(5(14)15)1-4(11)13/h3H,1-2H2,(H2,11,13)(H,12,16)(H,14,15). The second-order valence-corrected chi connectivity index (χ2v) is 2.90. The lowest BCUT2D eigenvalue weighted by Crippen LogP contribution is -2.44. The van der Waals surface area contributed by atoms with E-state index in [0.717, 1.165) is 0 Å². The zero-order chi connectivity index (χ0) is 13.6. The minimum absolute atomic E-state index is 0.754. The number of carboxylic acid groups (broad SMARTS) is 1. The van der Waals surface area contributed by atoms with Gasteiger partial charge in [0.15, 0.2) is 6.61 Å². The lowest BCUT2D eigenvalue weighted by atomic mass is 10.2. The number of carboxylic acids is 1. The number of ether oxygens (including phenoxy) is 1. The normalized spacial score (nSPS) is 12.6. The van der Waals surface area contributed by atoms with Crippen LogP contribution in [0.5, 0.6) is 0 Å². The summed E-state index contributed by atoms with van der Waals surface area (Å²) in [7, 11) is 0. The molecule has 7 nitrogen and oxygen atoms in total. The molecule has 0 heterocycles. The summed E-state index contributed by atoms with van der Waals surface area (Å²) in [5, 5.41) is 10.1. The summed E-state index contributed by atoms with van der Waals surface area (Å²) in [6.07, 6.45) is -7.08. The molecule has 4 N–H and O–H groups in total. The van der Waals surface area contributed by atoms with Gasteiger partial charge in [-0.25, -0.2) is 9.59 Å². The van der Waals surface area contributed by atoms with Crippen molar-refractivity contribution in [2.45, 2.75) is 18.6 Å². The fraction of sp³-hybridized carbons (Fsp3) is 0.571. The summed E-state index contributed by atoms with van der Waals surface area (Å²) in [6, 6.07) is -1.73. The quantitative estimate of drug-likeness (QED) is 0.620. The van der Waals surface area contributed by atoms with Crippen LogP contribution in [0.4, 0.5) is 18.0 Å².